The molecule has 52 heavy (non-hydrogen) atoms. The first-order valence-corrected chi connectivity index (χ1v) is 17.2. The van der Waals surface area contributed by atoms with Crippen LogP contribution in [-0.2, 0) is 23.1 Å². The number of piperazine rings is 1. The molecule has 4 heterocycles. The second-order valence-corrected chi connectivity index (χ2v) is 14.1. The van der Waals surface area contributed by atoms with Gasteiger partial charge in [-0.05, 0) is 43.7 Å². The summed E-state index contributed by atoms with van der Waals surface area (Å²) in [6.07, 6.45) is 2.75. The van der Waals surface area contributed by atoms with Gasteiger partial charge in [-0.3, -0.25) is 19.1 Å². The summed E-state index contributed by atoms with van der Waals surface area (Å²) in [5.41, 5.74) is 2.93. The molecule has 0 unspecified atom stereocenters. The number of nitrogens with zero attached hydrogens (tertiary/aromatic N) is 7. The highest BCUT2D eigenvalue weighted by Crippen LogP contribution is 2.33. The molecule has 2 aliphatic heterocycles. The van der Waals surface area contributed by atoms with E-state index in [0.717, 1.165) is 0 Å². The number of aromatic nitrogens is 4. The van der Waals surface area contributed by atoms with Gasteiger partial charge in [0.2, 0.25) is 0 Å². The molecule has 13 nitrogen and oxygen atoms in total. The van der Waals surface area contributed by atoms with Crippen molar-refractivity contribution in [1.29, 1.82) is 0 Å². The fourth-order valence-corrected chi connectivity index (χ4v) is 7.31. The fraction of sp³-hybridized carbons (Fsp3) is 0.432. The lowest BCUT2D eigenvalue weighted by Gasteiger charge is -2.38. The number of ether oxygens (including phenoxy) is 1. The normalized spacial score (nSPS) is 18.6. The smallest absolute Gasteiger partial charge is 0.291 e. The van der Waals surface area contributed by atoms with Gasteiger partial charge >= 0.3 is 0 Å². The number of aryl methyl sites for hydroxylation is 1. The number of likely N-dealkylation sites (N-methyl/N-ethyl adjacent to an activating group) is 1. The molecule has 2 N–H and O–H groups in total. The summed E-state index contributed by atoms with van der Waals surface area (Å²) in [7, 11) is 7.03. The number of aliphatic hydroxyl groups is 1. The number of quaternary nitrogens is 1. The van der Waals surface area contributed by atoms with Crippen LogP contribution in [0.1, 0.15) is 38.7 Å². The molecule has 4 aromatic rings. The maximum absolute atomic E-state index is 15.5. The number of methoxy groups -OCH3 is 1. The van der Waals surface area contributed by atoms with Gasteiger partial charge in [-0.25, -0.2) is 13.8 Å². The zero-order chi connectivity index (χ0) is 37.5. The first-order valence-electron chi connectivity index (χ1n) is 17.2. The number of carbonyl (C=O) groups excluding carboxylic acids is 3. The third kappa shape index (κ3) is 6.95. The first-order chi connectivity index (χ1) is 24.7. The second-order valence-electron chi connectivity index (χ2n) is 14.1. The number of hydrogen-bond donors (Lipinski definition) is 2. The average molecular weight is 720 g/mol. The van der Waals surface area contributed by atoms with Crippen LogP contribution in [0, 0.1) is 25.5 Å². The Labute approximate surface area is 301 Å². The van der Waals surface area contributed by atoms with Gasteiger partial charge < -0.3 is 34.0 Å². The van der Waals surface area contributed by atoms with Gasteiger partial charge in [0.1, 0.15) is 12.6 Å². The van der Waals surface area contributed by atoms with E-state index in [-0.39, 0.29) is 40.5 Å². The largest absolute Gasteiger partial charge is 0.387 e. The predicted molar refractivity (Wildman–Crippen MR) is 189 cm³/mol. The summed E-state index contributed by atoms with van der Waals surface area (Å²) in [6.45, 7) is 6.59. The van der Waals surface area contributed by atoms with Crippen LogP contribution in [0.2, 0.25) is 0 Å². The molecule has 0 aliphatic carbocycles. The molecule has 2 saturated heterocycles. The lowest BCUT2D eigenvalue weighted by Crippen LogP contribution is -2.58. The van der Waals surface area contributed by atoms with Gasteiger partial charge in [-0.15, -0.1) is 0 Å². The van der Waals surface area contributed by atoms with E-state index in [1.165, 1.54) is 29.1 Å². The zero-order valence-electron chi connectivity index (χ0n) is 30.3. The molecule has 0 saturated carbocycles. The molecule has 2 aromatic carbocycles. The van der Waals surface area contributed by atoms with Crippen LogP contribution in [0.25, 0.3) is 22.4 Å². The standard InChI is InChI=1S/C37H44F2N8O5/c1-22-17-24(7-8-26(22)36(50)44-11-13-45(14-12-44)37(51)31-18-25(48)21-47(31,4)5)42-35(49)34-40-20-30(43(34)3)28-10-9-27(32(38)33(28)39)29-19-41-46(23(29)2)15-16-52-6/h7-10,17,19-20,25,31,48H,11-16,18,21H2,1-6H3/p+1/t25-,31+/m1/s1. The quantitative estimate of drug-likeness (QED) is 0.254. The van der Waals surface area contributed by atoms with Gasteiger partial charge in [0.25, 0.3) is 17.7 Å². The number of carbonyl (C=O) groups is 3. The molecular formula is C37H45F2N8O5+. The summed E-state index contributed by atoms with van der Waals surface area (Å²) < 4.78 is 39.6. The minimum Gasteiger partial charge on any atom is -0.387 e. The van der Waals surface area contributed by atoms with Crippen LogP contribution in [0.15, 0.2) is 42.7 Å². The van der Waals surface area contributed by atoms with Crippen LogP contribution in [0.3, 0.4) is 0 Å². The Kier molecular flexibility index (Phi) is 10.3. The Bertz CT molecular complexity index is 2020. The molecule has 3 amide bonds. The fourth-order valence-electron chi connectivity index (χ4n) is 7.31. The molecule has 0 bridgehead atoms. The van der Waals surface area contributed by atoms with Crippen LogP contribution in [0.5, 0.6) is 0 Å². The summed E-state index contributed by atoms with van der Waals surface area (Å²) in [5, 5.41) is 17.2. The molecule has 2 atom stereocenters. The van der Waals surface area contributed by atoms with E-state index in [9.17, 15) is 19.5 Å². The molecule has 6 rings (SSSR count). The predicted octanol–water partition coefficient (Wildman–Crippen LogP) is 3.24. The third-order valence-corrected chi connectivity index (χ3v) is 10.3. The average Bonchev–Trinajstić information content (AvgIpc) is 3.76. The minimum absolute atomic E-state index is 0.00786. The highest BCUT2D eigenvalue weighted by molar-refractivity contribution is 6.03. The molecule has 276 valence electrons. The Balaban J connectivity index is 1.10. The number of rotatable bonds is 9. The minimum atomic E-state index is -1.07. The molecule has 2 fully saturated rings. The van der Waals surface area contributed by atoms with Crippen LogP contribution in [-0.4, -0.2) is 129 Å². The maximum Gasteiger partial charge on any atom is 0.291 e. The molecular weight excluding hydrogens is 674 g/mol. The molecule has 0 spiro atoms. The first kappa shape index (κ1) is 36.8. The number of benzene rings is 2. The van der Waals surface area contributed by atoms with Crippen molar-refractivity contribution in [2.45, 2.75) is 39.0 Å². The number of hydrogen-bond acceptors (Lipinski definition) is 7. The van der Waals surface area contributed by atoms with Crippen LogP contribution >= 0.6 is 0 Å². The van der Waals surface area contributed by atoms with Crippen molar-refractivity contribution in [3.8, 4) is 22.4 Å². The van der Waals surface area contributed by atoms with Crippen molar-refractivity contribution < 1.29 is 37.5 Å². The van der Waals surface area contributed by atoms with Crippen LogP contribution < -0.4 is 5.32 Å². The van der Waals surface area contributed by atoms with Gasteiger partial charge in [-0.1, -0.05) is 6.07 Å². The second kappa shape index (κ2) is 14.6. The molecule has 2 aliphatic rings. The lowest BCUT2D eigenvalue weighted by atomic mass is 10.0. The van der Waals surface area contributed by atoms with E-state index in [1.807, 2.05) is 14.1 Å². The number of halogens is 2. The topological polar surface area (TPSA) is 135 Å². The van der Waals surface area contributed by atoms with Crippen molar-refractivity contribution in [1.82, 2.24) is 29.1 Å². The van der Waals surface area contributed by atoms with Crippen molar-refractivity contribution in [3.05, 3.63) is 77.0 Å². The molecule has 0 radical (unpaired) electrons. The maximum atomic E-state index is 15.5. The summed E-state index contributed by atoms with van der Waals surface area (Å²) in [6, 6.07) is 7.61. The Hall–Kier alpha value is -4.99. The van der Waals surface area contributed by atoms with E-state index in [1.54, 1.807) is 60.7 Å². The lowest BCUT2D eigenvalue weighted by molar-refractivity contribution is -0.894. The Morgan fingerprint density at radius 3 is 2.31 bits per heavy atom. The number of imidazole rings is 1. The van der Waals surface area contributed by atoms with E-state index in [4.69, 9.17) is 4.74 Å². The van der Waals surface area contributed by atoms with Gasteiger partial charge in [-0.2, -0.15) is 5.10 Å². The van der Waals surface area contributed by atoms with E-state index in [0.29, 0.717) is 84.9 Å². The van der Waals surface area contributed by atoms with Crippen molar-refractivity contribution in [3.63, 3.8) is 0 Å². The SMILES string of the molecule is COCCn1ncc(-c2ccc(-c3cnc(C(=O)Nc4ccc(C(=O)N5CCN(C(=O)[C@@H]6C[C@@H](O)C[N+]6(C)C)CC5)c(C)c4)n3C)c(F)c2F)c1C. The Morgan fingerprint density at radius 2 is 1.65 bits per heavy atom. The third-order valence-electron chi connectivity index (χ3n) is 10.3. The van der Waals surface area contributed by atoms with Crippen molar-refractivity contribution in [2.24, 2.45) is 7.05 Å². The van der Waals surface area contributed by atoms with E-state index in [2.05, 4.69) is 15.4 Å². The van der Waals surface area contributed by atoms with Gasteiger partial charge in [0.05, 0.1) is 45.3 Å². The number of amides is 3. The highest BCUT2D eigenvalue weighted by Gasteiger charge is 2.46. The zero-order valence-corrected chi connectivity index (χ0v) is 30.3. The van der Waals surface area contributed by atoms with Crippen molar-refractivity contribution in [2.75, 3.05) is 65.9 Å². The number of anilines is 1. The summed E-state index contributed by atoms with van der Waals surface area (Å²) >= 11 is 0. The monoisotopic (exact) mass is 719 g/mol. The van der Waals surface area contributed by atoms with E-state index >= 15 is 8.78 Å². The summed E-state index contributed by atoms with van der Waals surface area (Å²) in [5.74, 6) is -2.85. The van der Waals surface area contributed by atoms with E-state index < -0.39 is 23.6 Å². The molecule has 15 heteroatoms. The summed E-state index contributed by atoms with van der Waals surface area (Å²) in [4.78, 5) is 47.7. The van der Waals surface area contributed by atoms with Gasteiger partial charge in [0.15, 0.2) is 23.5 Å². The number of aliphatic hydroxyl groups excluding tert-OH is 1. The number of nitrogens with one attached hydrogen (secondary N) is 1. The van der Waals surface area contributed by atoms with Gasteiger partial charge in [0, 0.05) is 80.4 Å². The Morgan fingerprint density at radius 1 is 0.981 bits per heavy atom. The van der Waals surface area contributed by atoms with Crippen LogP contribution in [0.4, 0.5) is 14.5 Å². The number of likely N-dealkylation sites (tertiary alicyclic amines) is 1. The van der Waals surface area contributed by atoms with Crippen molar-refractivity contribution >= 4 is 23.4 Å². The molecule has 2 aromatic heterocycles. The highest BCUT2D eigenvalue weighted by atomic mass is 19.2.